The summed E-state index contributed by atoms with van der Waals surface area (Å²) in [5.74, 6) is 0.629. The minimum Gasteiger partial charge on any atom is -0.497 e. The van der Waals surface area contributed by atoms with Crippen molar-refractivity contribution in [3.63, 3.8) is 0 Å². The molecule has 0 saturated carbocycles. The van der Waals surface area contributed by atoms with Crippen LogP contribution in [0.4, 0.5) is 23.7 Å². The average Bonchev–Trinajstić information content (AvgIpc) is 2.63. The fourth-order valence-electron chi connectivity index (χ4n) is 2.99. The number of hydrogen-bond donors (Lipinski definition) is 1. The first-order valence-corrected chi connectivity index (χ1v) is 8.24. The Bertz CT molecular complexity index is 858. The number of fused-ring (bicyclic) bond motifs is 1. The van der Waals surface area contributed by atoms with Crippen LogP contribution in [0.15, 0.2) is 42.5 Å². The van der Waals surface area contributed by atoms with Gasteiger partial charge in [0.15, 0.2) is 0 Å². The van der Waals surface area contributed by atoms with Gasteiger partial charge < -0.3 is 9.47 Å². The Morgan fingerprint density at radius 3 is 2.37 bits per heavy atom. The van der Waals surface area contributed by atoms with Crippen LogP contribution in [0, 0.1) is 0 Å². The molecule has 1 aliphatic heterocycles. The van der Waals surface area contributed by atoms with E-state index in [9.17, 15) is 18.0 Å². The molecule has 27 heavy (non-hydrogen) atoms. The number of nitrogens with zero attached hydrogens (tertiary/aromatic N) is 1. The summed E-state index contributed by atoms with van der Waals surface area (Å²) < 4.78 is 51.3. The molecule has 0 radical (unpaired) electrons. The molecular formula is C18H16ClF3N2O3. The predicted molar refractivity (Wildman–Crippen MR) is 93.9 cm³/mol. The largest absolute Gasteiger partial charge is 0.497 e. The van der Waals surface area contributed by atoms with Gasteiger partial charge >= 0.3 is 12.2 Å². The summed E-state index contributed by atoms with van der Waals surface area (Å²) in [7, 11) is 2.41. The van der Waals surface area contributed by atoms with Crippen molar-refractivity contribution in [2.75, 3.05) is 19.1 Å². The molecule has 144 valence electrons. The lowest BCUT2D eigenvalue weighted by molar-refractivity contribution is -0.285. The molecular weight excluding hydrogens is 385 g/mol. The number of ether oxygens (including phenoxy) is 2. The number of carbonyl (C=O) groups is 1. The van der Waals surface area contributed by atoms with Gasteiger partial charge in [-0.25, -0.2) is 4.79 Å². The molecule has 9 heteroatoms. The summed E-state index contributed by atoms with van der Waals surface area (Å²) in [6.45, 7) is 0.0577. The highest BCUT2D eigenvalue weighted by molar-refractivity contribution is 6.30. The number of methoxy groups -OCH3 is 2. The maximum Gasteiger partial charge on any atom is 0.441 e. The Kier molecular flexibility index (Phi) is 4.96. The van der Waals surface area contributed by atoms with Crippen LogP contribution >= 0.6 is 11.6 Å². The summed E-state index contributed by atoms with van der Waals surface area (Å²) in [5.41, 5.74) is -2.47. The molecule has 1 atom stereocenters. The van der Waals surface area contributed by atoms with Crippen molar-refractivity contribution in [3.8, 4) is 5.75 Å². The van der Waals surface area contributed by atoms with E-state index in [0.29, 0.717) is 11.3 Å². The molecule has 2 amide bonds. The zero-order chi connectivity index (χ0) is 19.8. The monoisotopic (exact) mass is 400 g/mol. The third-order valence-electron chi connectivity index (χ3n) is 4.36. The van der Waals surface area contributed by atoms with Gasteiger partial charge in [0.25, 0.3) is 5.72 Å². The van der Waals surface area contributed by atoms with Crippen LogP contribution in [-0.2, 0) is 17.0 Å². The van der Waals surface area contributed by atoms with Crippen LogP contribution in [0.25, 0.3) is 0 Å². The number of halogens is 4. The molecule has 0 aromatic heterocycles. The van der Waals surface area contributed by atoms with Crippen LogP contribution in [0.2, 0.25) is 5.02 Å². The number of urea groups is 1. The highest BCUT2D eigenvalue weighted by Gasteiger charge is 2.62. The topological polar surface area (TPSA) is 50.8 Å². The second kappa shape index (κ2) is 6.94. The van der Waals surface area contributed by atoms with Crippen molar-refractivity contribution >= 4 is 23.3 Å². The smallest absolute Gasteiger partial charge is 0.441 e. The highest BCUT2D eigenvalue weighted by atomic mass is 35.5. The molecule has 0 bridgehead atoms. The maximum absolute atomic E-state index is 13.8. The fraction of sp³-hybridized carbons (Fsp3) is 0.278. The van der Waals surface area contributed by atoms with E-state index in [1.165, 1.54) is 24.1 Å². The van der Waals surface area contributed by atoms with Crippen LogP contribution in [-0.4, -0.2) is 26.4 Å². The zero-order valence-electron chi connectivity index (χ0n) is 14.4. The van der Waals surface area contributed by atoms with Gasteiger partial charge in [0.2, 0.25) is 0 Å². The van der Waals surface area contributed by atoms with Gasteiger partial charge in [0, 0.05) is 17.7 Å². The minimum atomic E-state index is -4.89. The summed E-state index contributed by atoms with van der Waals surface area (Å²) in [5, 5.41) is 2.05. The fourth-order valence-corrected chi connectivity index (χ4v) is 3.16. The quantitative estimate of drug-likeness (QED) is 0.825. The highest BCUT2D eigenvalue weighted by Crippen LogP contribution is 2.47. The van der Waals surface area contributed by atoms with Crippen LogP contribution in [0.1, 0.15) is 11.1 Å². The Morgan fingerprint density at radius 1 is 1.15 bits per heavy atom. The van der Waals surface area contributed by atoms with Gasteiger partial charge in [-0.15, -0.1) is 0 Å². The molecule has 3 rings (SSSR count). The van der Waals surface area contributed by atoms with E-state index in [1.54, 1.807) is 24.3 Å². The summed E-state index contributed by atoms with van der Waals surface area (Å²) in [6.07, 6.45) is -4.89. The number of anilines is 1. The van der Waals surface area contributed by atoms with E-state index >= 15 is 0 Å². The molecule has 1 aliphatic rings. The zero-order valence-corrected chi connectivity index (χ0v) is 15.2. The number of benzene rings is 2. The van der Waals surface area contributed by atoms with Crippen LogP contribution < -0.4 is 15.0 Å². The van der Waals surface area contributed by atoms with Gasteiger partial charge in [0.05, 0.1) is 19.3 Å². The van der Waals surface area contributed by atoms with Gasteiger partial charge in [-0.2, -0.15) is 13.2 Å². The van der Waals surface area contributed by atoms with E-state index in [0.717, 1.165) is 13.2 Å². The number of hydrogen-bond acceptors (Lipinski definition) is 3. The molecule has 0 saturated heterocycles. The summed E-state index contributed by atoms with van der Waals surface area (Å²) in [6, 6.07) is 9.88. The van der Waals surface area contributed by atoms with Crippen molar-refractivity contribution in [2.45, 2.75) is 18.4 Å². The van der Waals surface area contributed by atoms with Crippen molar-refractivity contribution in [1.29, 1.82) is 0 Å². The second-order valence-corrected chi connectivity index (χ2v) is 6.35. The number of nitrogens with one attached hydrogen (secondary N) is 1. The van der Waals surface area contributed by atoms with Gasteiger partial charge in [-0.1, -0.05) is 23.7 Å². The lowest BCUT2D eigenvalue weighted by Crippen LogP contribution is -2.63. The van der Waals surface area contributed by atoms with Crippen molar-refractivity contribution in [2.24, 2.45) is 0 Å². The molecule has 0 unspecified atom stereocenters. The molecule has 2 aromatic rings. The van der Waals surface area contributed by atoms with Crippen molar-refractivity contribution < 1.29 is 27.4 Å². The van der Waals surface area contributed by atoms with E-state index in [1.807, 2.05) is 5.32 Å². The van der Waals surface area contributed by atoms with E-state index in [2.05, 4.69) is 0 Å². The van der Waals surface area contributed by atoms with Crippen LogP contribution in [0.5, 0.6) is 5.75 Å². The Hall–Kier alpha value is -2.45. The average molecular weight is 401 g/mol. The Balaban J connectivity index is 2.07. The molecule has 2 aromatic carbocycles. The molecule has 0 fully saturated rings. The Labute approximate surface area is 158 Å². The second-order valence-electron chi connectivity index (χ2n) is 5.91. The maximum atomic E-state index is 13.8. The third kappa shape index (κ3) is 3.30. The van der Waals surface area contributed by atoms with Crippen molar-refractivity contribution in [3.05, 3.63) is 58.6 Å². The van der Waals surface area contributed by atoms with Crippen molar-refractivity contribution in [1.82, 2.24) is 5.32 Å². The van der Waals surface area contributed by atoms with Gasteiger partial charge in [-0.3, -0.25) is 10.2 Å². The number of amides is 2. The first-order valence-electron chi connectivity index (χ1n) is 7.86. The SMILES string of the molecule is COc1ccc(CN2C(=O)N[C@](OC)(C(F)(F)F)c3cc(Cl)ccc32)cc1. The summed E-state index contributed by atoms with van der Waals surface area (Å²) in [4.78, 5) is 13.8. The Morgan fingerprint density at radius 2 is 1.81 bits per heavy atom. The molecule has 1 heterocycles. The summed E-state index contributed by atoms with van der Waals surface area (Å²) >= 11 is 5.92. The van der Waals surface area contributed by atoms with Crippen LogP contribution in [0.3, 0.4) is 0 Å². The van der Waals surface area contributed by atoms with Gasteiger partial charge in [-0.05, 0) is 35.9 Å². The first kappa shape index (κ1) is 19.3. The lowest BCUT2D eigenvalue weighted by atomic mass is 9.96. The first-order chi connectivity index (χ1) is 12.7. The standard InChI is InChI=1S/C18H16ClF3N2O3/c1-26-13-6-3-11(4-7-13)10-24-15-8-5-12(19)9-14(15)17(27-2,18(20,21)22)23-16(24)25/h3-9H,10H2,1-2H3,(H,23,25)/t17-/m1/s1. The van der Waals surface area contributed by atoms with E-state index < -0.39 is 17.9 Å². The van der Waals surface area contributed by atoms with E-state index in [4.69, 9.17) is 21.1 Å². The number of carbonyl (C=O) groups excluding carboxylic acids is 1. The lowest BCUT2D eigenvalue weighted by Gasteiger charge is -2.43. The number of alkyl halides is 3. The van der Waals surface area contributed by atoms with E-state index in [-0.39, 0.29) is 22.8 Å². The third-order valence-corrected chi connectivity index (χ3v) is 4.60. The molecule has 0 spiro atoms. The molecule has 5 nitrogen and oxygen atoms in total. The van der Waals surface area contributed by atoms with Gasteiger partial charge in [0.1, 0.15) is 5.75 Å². The predicted octanol–water partition coefficient (Wildman–Crippen LogP) is 4.44. The molecule has 0 aliphatic carbocycles. The minimum absolute atomic E-state index is 0.0577. The molecule has 1 N–H and O–H groups in total. The number of rotatable bonds is 4. The normalized spacial score (nSPS) is 19.5.